The van der Waals surface area contributed by atoms with Crippen molar-refractivity contribution in [1.82, 2.24) is 0 Å². The Morgan fingerprint density at radius 2 is 1.42 bits per heavy atom. The Hall–Kier alpha value is -1.18. The van der Waals surface area contributed by atoms with Crippen molar-refractivity contribution in [3.05, 3.63) is 23.8 Å². The van der Waals surface area contributed by atoms with Gasteiger partial charge in [0.1, 0.15) is 0 Å². The second-order valence-corrected chi connectivity index (χ2v) is 8.06. The van der Waals surface area contributed by atoms with E-state index in [0.717, 1.165) is 24.8 Å². The SMILES string of the molecule is O=C(/C=C/C1CCCCC1)C1CCC/C(=C\C2CCCCC2)C1=O. The monoisotopic (exact) mass is 328 g/mol. The zero-order chi connectivity index (χ0) is 16.8. The molecule has 0 aromatic heterocycles. The minimum absolute atomic E-state index is 0.0554. The molecule has 3 fully saturated rings. The molecule has 0 N–H and O–H groups in total. The highest BCUT2D eigenvalue weighted by Crippen LogP contribution is 2.32. The summed E-state index contributed by atoms with van der Waals surface area (Å²) < 4.78 is 0. The molecule has 1 unspecified atom stereocenters. The summed E-state index contributed by atoms with van der Waals surface area (Å²) >= 11 is 0. The molecule has 3 aliphatic rings. The van der Waals surface area contributed by atoms with Crippen molar-refractivity contribution in [1.29, 1.82) is 0 Å². The molecule has 0 amide bonds. The molecular weight excluding hydrogens is 296 g/mol. The van der Waals surface area contributed by atoms with Gasteiger partial charge in [0.15, 0.2) is 11.6 Å². The Morgan fingerprint density at radius 3 is 2.08 bits per heavy atom. The molecule has 3 rings (SSSR count). The molecule has 0 aromatic carbocycles. The first-order valence-corrected chi connectivity index (χ1v) is 10.2. The normalized spacial score (nSPS) is 29.4. The third-order valence-electron chi connectivity index (χ3n) is 6.18. The lowest BCUT2D eigenvalue weighted by Crippen LogP contribution is -2.28. The second kappa shape index (κ2) is 8.78. The zero-order valence-electron chi connectivity index (χ0n) is 15.0. The van der Waals surface area contributed by atoms with Crippen LogP contribution in [0.3, 0.4) is 0 Å². The predicted molar refractivity (Wildman–Crippen MR) is 97.7 cm³/mol. The van der Waals surface area contributed by atoms with Crippen LogP contribution in [-0.2, 0) is 9.59 Å². The van der Waals surface area contributed by atoms with Gasteiger partial charge in [0.2, 0.25) is 0 Å². The minimum atomic E-state index is -0.395. The Morgan fingerprint density at radius 1 is 0.792 bits per heavy atom. The van der Waals surface area contributed by atoms with Gasteiger partial charge in [-0.15, -0.1) is 0 Å². The van der Waals surface area contributed by atoms with Crippen LogP contribution in [-0.4, -0.2) is 11.6 Å². The maximum atomic E-state index is 12.8. The van der Waals surface area contributed by atoms with Crippen molar-refractivity contribution in [3.63, 3.8) is 0 Å². The van der Waals surface area contributed by atoms with E-state index in [1.165, 1.54) is 64.2 Å². The fraction of sp³-hybridized carbons (Fsp3) is 0.727. The maximum Gasteiger partial charge on any atom is 0.169 e. The van der Waals surface area contributed by atoms with Crippen molar-refractivity contribution in [2.45, 2.75) is 83.5 Å². The summed E-state index contributed by atoms with van der Waals surface area (Å²) in [5, 5.41) is 0. The average molecular weight is 328 g/mol. The summed E-state index contributed by atoms with van der Waals surface area (Å²) in [4.78, 5) is 25.3. The topological polar surface area (TPSA) is 34.1 Å². The van der Waals surface area contributed by atoms with E-state index in [4.69, 9.17) is 0 Å². The standard InChI is InChI=1S/C22H32O2/c23-21(15-14-17-8-3-1-4-9-17)20-13-7-12-19(22(20)24)16-18-10-5-2-6-11-18/h14-18,20H,1-13H2/b15-14+,19-16+. The Balaban J connectivity index is 1.60. The lowest BCUT2D eigenvalue weighted by Gasteiger charge is -2.24. The highest BCUT2D eigenvalue weighted by molar-refractivity contribution is 6.14. The van der Waals surface area contributed by atoms with Gasteiger partial charge in [-0.05, 0) is 68.4 Å². The highest BCUT2D eigenvalue weighted by atomic mass is 16.1. The molecule has 132 valence electrons. The van der Waals surface area contributed by atoms with Crippen LogP contribution < -0.4 is 0 Å². The van der Waals surface area contributed by atoms with Crippen molar-refractivity contribution in [2.24, 2.45) is 17.8 Å². The Bertz CT molecular complexity index is 502. The van der Waals surface area contributed by atoms with Crippen LogP contribution in [0.4, 0.5) is 0 Å². The van der Waals surface area contributed by atoms with Gasteiger partial charge in [-0.1, -0.05) is 50.7 Å². The lowest BCUT2D eigenvalue weighted by molar-refractivity contribution is -0.129. The summed E-state index contributed by atoms with van der Waals surface area (Å²) in [5.74, 6) is 0.918. The van der Waals surface area contributed by atoms with Crippen molar-refractivity contribution < 1.29 is 9.59 Å². The molecule has 2 heteroatoms. The molecule has 3 aliphatic carbocycles. The predicted octanol–water partition coefficient (Wildman–Crippen LogP) is 5.57. The van der Waals surface area contributed by atoms with Crippen LogP contribution in [0.2, 0.25) is 0 Å². The van der Waals surface area contributed by atoms with Gasteiger partial charge >= 0.3 is 0 Å². The molecule has 2 nitrogen and oxygen atoms in total. The number of allylic oxidation sites excluding steroid dienone is 4. The largest absolute Gasteiger partial charge is 0.294 e. The van der Waals surface area contributed by atoms with E-state index in [1.807, 2.05) is 0 Å². The van der Waals surface area contributed by atoms with Gasteiger partial charge in [-0.2, -0.15) is 0 Å². The fourth-order valence-corrected chi connectivity index (χ4v) is 4.67. The van der Waals surface area contributed by atoms with E-state index in [9.17, 15) is 9.59 Å². The Labute approximate surface area is 146 Å². The van der Waals surface area contributed by atoms with Gasteiger partial charge in [0.25, 0.3) is 0 Å². The third kappa shape index (κ3) is 4.68. The molecule has 0 heterocycles. The van der Waals surface area contributed by atoms with Crippen molar-refractivity contribution in [3.8, 4) is 0 Å². The lowest BCUT2D eigenvalue weighted by atomic mass is 9.78. The van der Waals surface area contributed by atoms with Crippen LogP contribution in [0.25, 0.3) is 0 Å². The van der Waals surface area contributed by atoms with Crippen molar-refractivity contribution in [2.75, 3.05) is 0 Å². The van der Waals surface area contributed by atoms with Crippen LogP contribution in [0.1, 0.15) is 83.5 Å². The van der Waals surface area contributed by atoms with Gasteiger partial charge in [0.05, 0.1) is 5.92 Å². The molecular formula is C22H32O2. The number of hydrogen-bond acceptors (Lipinski definition) is 2. The molecule has 0 bridgehead atoms. The minimum Gasteiger partial charge on any atom is -0.294 e. The van der Waals surface area contributed by atoms with Crippen molar-refractivity contribution >= 4 is 11.6 Å². The van der Waals surface area contributed by atoms with E-state index >= 15 is 0 Å². The number of carbonyl (C=O) groups excluding carboxylic acids is 2. The molecule has 0 radical (unpaired) electrons. The number of ketones is 2. The molecule has 0 aromatic rings. The summed E-state index contributed by atoms with van der Waals surface area (Å²) in [6.07, 6.45) is 21.3. The first-order chi connectivity index (χ1) is 11.7. The first-order valence-electron chi connectivity index (χ1n) is 10.2. The highest BCUT2D eigenvalue weighted by Gasteiger charge is 2.31. The smallest absolute Gasteiger partial charge is 0.169 e. The van der Waals surface area contributed by atoms with Crippen LogP contribution in [0, 0.1) is 17.8 Å². The summed E-state index contributed by atoms with van der Waals surface area (Å²) in [6, 6.07) is 0. The maximum absolute atomic E-state index is 12.8. The fourth-order valence-electron chi connectivity index (χ4n) is 4.67. The quantitative estimate of drug-likeness (QED) is 0.499. The van der Waals surface area contributed by atoms with Crippen LogP contribution >= 0.6 is 0 Å². The number of Topliss-reactive ketones (excluding diaryl/α,β-unsaturated/α-hetero) is 1. The van der Waals surface area contributed by atoms with E-state index in [0.29, 0.717) is 11.8 Å². The molecule has 3 saturated carbocycles. The van der Waals surface area contributed by atoms with E-state index in [1.54, 1.807) is 6.08 Å². The second-order valence-electron chi connectivity index (χ2n) is 8.06. The summed E-state index contributed by atoms with van der Waals surface area (Å²) in [5.41, 5.74) is 0.956. The van der Waals surface area contributed by atoms with Gasteiger partial charge < -0.3 is 0 Å². The number of hydrogen-bond donors (Lipinski definition) is 0. The number of rotatable bonds is 4. The molecule has 0 saturated heterocycles. The zero-order valence-corrected chi connectivity index (χ0v) is 15.0. The molecule has 0 spiro atoms. The van der Waals surface area contributed by atoms with Crippen LogP contribution in [0.15, 0.2) is 23.8 Å². The molecule has 1 atom stereocenters. The van der Waals surface area contributed by atoms with Crippen LogP contribution in [0.5, 0.6) is 0 Å². The molecule has 24 heavy (non-hydrogen) atoms. The van der Waals surface area contributed by atoms with Gasteiger partial charge in [-0.25, -0.2) is 0 Å². The van der Waals surface area contributed by atoms with Gasteiger partial charge in [-0.3, -0.25) is 9.59 Å². The Kier molecular flexibility index (Phi) is 6.45. The van der Waals surface area contributed by atoms with E-state index < -0.39 is 5.92 Å². The molecule has 0 aliphatic heterocycles. The number of carbonyl (C=O) groups is 2. The summed E-state index contributed by atoms with van der Waals surface area (Å²) in [6.45, 7) is 0. The third-order valence-corrected chi connectivity index (χ3v) is 6.18. The van der Waals surface area contributed by atoms with E-state index in [-0.39, 0.29) is 11.6 Å². The first kappa shape index (κ1) is 17.6. The average Bonchev–Trinajstić information content (AvgIpc) is 2.63. The van der Waals surface area contributed by atoms with E-state index in [2.05, 4.69) is 12.2 Å². The van der Waals surface area contributed by atoms with Gasteiger partial charge in [0, 0.05) is 0 Å². The summed E-state index contributed by atoms with van der Waals surface area (Å²) in [7, 11) is 0.